The molecule has 2 atom stereocenters. The lowest BCUT2D eigenvalue weighted by molar-refractivity contribution is 0.0695. The molecular weight excluding hydrogens is 252 g/mol. The van der Waals surface area contributed by atoms with Gasteiger partial charge in [0.15, 0.2) is 0 Å². The molecular formula is C14H17F2NO2. The van der Waals surface area contributed by atoms with Gasteiger partial charge in [0.2, 0.25) is 0 Å². The maximum absolute atomic E-state index is 13.9. The zero-order valence-corrected chi connectivity index (χ0v) is 11.0. The van der Waals surface area contributed by atoms with Gasteiger partial charge in [-0.15, -0.1) is 0 Å². The number of carboxylic acid groups (broad SMARTS) is 1. The number of nitrogens with zero attached hydrogens (tertiary/aromatic N) is 1. The van der Waals surface area contributed by atoms with Crippen LogP contribution in [0.4, 0.5) is 14.5 Å². The van der Waals surface area contributed by atoms with Crippen molar-refractivity contribution in [2.75, 3.05) is 18.0 Å². The van der Waals surface area contributed by atoms with Gasteiger partial charge in [0.25, 0.3) is 0 Å². The van der Waals surface area contributed by atoms with Gasteiger partial charge >= 0.3 is 5.97 Å². The molecule has 0 aliphatic carbocycles. The second kappa shape index (κ2) is 5.15. The quantitative estimate of drug-likeness (QED) is 0.896. The molecule has 1 aliphatic heterocycles. The molecule has 0 bridgehead atoms. The normalized spacial score (nSPS) is 23.5. The van der Waals surface area contributed by atoms with E-state index >= 15 is 0 Å². The molecule has 2 rings (SSSR count). The first-order valence-corrected chi connectivity index (χ1v) is 6.37. The molecule has 0 amide bonds. The minimum absolute atomic E-state index is 0.108. The Morgan fingerprint density at radius 2 is 1.84 bits per heavy atom. The Morgan fingerprint density at radius 3 is 2.32 bits per heavy atom. The van der Waals surface area contributed by atoms with Crippen LogP contribution in [-0.4, -0.2) is 24.2 Å². The fraction of sp³-hybridized carbons (Fsp3) is 0.500. The zero-order chi connectivity index (χ0) is 14.2. The van der Waals surface area contributed by atoms with Crippen LogP contribution in [0.15, 0.2) is 12.1 Å². The number of hydrogen-bond acceptors (Lipinski definition) is 2. The summed E-state index contributed by atoms with van der Waals surface area (Å²) in [6, 6.07) is 1.76. The molecule has 2 unspecified atom stereocenters. The first-order chi connectivity index (χ1) is 8.90. The summed E-state index contributed by atoms with van der Waals surface area (Å²) in [5, 5.41) is 8.76. The number of aromatic carboxylic acids is 1. The monoisotopic (exact) mass is 269 g/mol. The van der Waals surface area contributed by atoms with Gasteiger partial charge in [-0.3, -0.25) is 0 Å². The van der Waals surface area contributed by atoms with E-state index in [2.05, 4.69) is 13.8 Å². The lowest BCUT2D eigenvalue weighted by atomic mass is 9.88. The van der Waals surface area contributed by atoms with Crippen LogP contribution < -0.4 is 4.90 Å². The highest BCUT2D eigenvalue weighted by atomic mass is 19.1. The molecule has 1 aromatic rings. The molecule has 1 heterocycles. The van der Waals surface area contributed by atoms with Crippen LogP contribution in [0.3, 0.4) is 0 Å². The third-order valence-electron chi connectivity index (χ3n) is 3.91. The average molecular weight is 269 g/mol. The Hall–Kier alpha value is -1.65. The van der Waals surface area contributed by atoms with Gasteiger partial charge in [-0.2, -0.15) is 0 Å². The van der Waals surface area contributed by atoms with Crippen LogP contribution in [0.1, 0.15) is 30.6 Å². The standard InChI is InChI=1S/C14H17F2NO2/c1-8-3-4-17(7-9(8)2)13-11(15)5-10(14(18)19)6-12(13)16/h5-6,8-9H,3-4,7H2,1-2H3,(H,18,19). The van der Waals surface area contributed by atoms with Crippen molar-refractivity contribution in [3.8, 4) is 0 Å². The minimum atomic E-state index is -1.33. The Bertz CT molecular complexity index is 481. The highest BCUT2D eigenvalue weighted by Gasteiger charge is 2.27. The molecule has 0 radical (unpaired) electrons. The highest BCUT2D eigenvalue weighted by molar-refractivity contribution is 5.88. The number of rotatable bonds is 2. The van der Waals surface area contributed by atoms with Crippen LogP contribution in [0.5, 0.6) is 0 Å². The van der Waals surface area contributed by atoms with Crippen LogP contribution in [0.2, 0.25) is 0 Å². The van der Waals surface area contributed by atoms with E-state index in [1.807, 2.05) is 0 Å². The van der Waals surface area contributed by atoms with Crippen LogP contribution in [0.25, 0.3) is 0 Å². The minimum Gasteiger partial charge on any atom is -0.478 e. The number of carbonyl (C=O) groups is 1. The number of benzene rings is 1. The van der Waals surface area contributed by atoms with Crippen molar-refractivity contribution in [1.82, 2.24) is 0 Å². The van der Waals surface area contributed by atoms with Crippen LogP contribution in [-0.2, 0) is 0 Å². The van der Waals surface area contributed by atoms with Gasteiger partial charge in [-0.05, 0) is 30.4 Å². The van der Waals surface area contributed by atoms with Gasteiger partial charge < -0.3 is 10.0 Å². The summed E-state index contributed by atoms with van der Waals surface area (Å²) < 4.78 is 27.9. The van der Waals surface area contributed by atoms with E-state index in [1.54, 1.807) is 4.90 Å². The first-order valence-electron chi connectivity index (χ1n) is 6.37. The van der Waals surface area contributed by atoms with Gasteiger partial charge in [-0.1, -0.05) is 13.8 Å². The van der Waals surface area contributed by atoms with Crippen molar-refractivity contribution >= 4 is 11.7 Å². The summed E-state index contributed by atoms with van der Waals surface area (Å²) in [5.41, 5.74) is -0.471. The maximum atomic E-state index is 13.9. The predicted molar refractivity (Wildman–Crippen MR) is 68.5 cm³/mol. The van der Waals surface area contributed by atoms with Crippen molar-refractivity contribution in [3.63, 3.8) is 0 Å². The molecule has 1 N–H and O–H groups in total. The molecule has 1 aliphatic rings. The molecule has 1 fully saturated rings. The summed E-state index contributed by atoms with van der Waals surface area (Å²) in [4.78, 5) is 12.4. The van der Waals surface area contributed by atoms with E-state index in [-0.39, 0.29) is 11.3 Å². The zero-order valence-electron chi connectivity index (χ0n) is 11.0. The summed E-state index contributed by atoms with van der Waals surface area (Å²) in [5.74, 6) is -2.06. The fourth-order valence-corrected chi connectivity index (χ4v) is 2.46. The number of anilines is 1. The number of carboxylic acids is 1. The molecule has 104 valence electrons. The molecule has 1 saturated heterocycles. The van der Waals surface area contributed by atoms with Gasteiger partial charge in [0, 0.05) is 13.1 Å². The number of hydrogen-bond donors (Lipinski definition) is 1. The largest absolute Gasteiger partial charge is 0.478 e. The van der Waals surface area contributed by atoms with Crippen molar-refractivity contribution in [3.05, 3.63) is 29.3 Å². The van der Waals surface area contributed by atoms with E-state index in [0.717, 1.165) is 18.6 Å². The van der Waals surface area contributed by atoms with E-state index < -0.39 is 17.6 Å². The number of piperidine rings is 1. The van der Waals surface area contributed by atoms with E-state index in [0.29, 0.717) is 24.9 Å². The van der Waals surface area contributed by atoms with Gasteiger partial charge in [-0.25, -0.2) is 13.6 Å². The third-order valence-corrected chi connectivity index (χ3v) is 3.91. The average Bonchev–Trinajstić information content (AvgIpc) is 2.32. The van der Waals surface area contributed by atoms with Crippen molar-refractivity contribution in [1.29, 1.82) is 0 Å². The van der Waals surface area contributed by atoms with E-state index in [9.17, 15) is 13.6 Å². The Morgan fingerprint density at radius 1 is 1.26 bits per heavy atom. The topological polar surface area (TPSA) is 40.5 Å². The summed E-state index contributed by atoms with van der Waals surface area (Å²) in [6.45, 7) is 5.35. The highest BCUT2D eigenvalue weighted by Crippen LogP contribution is 2.31. The maximum Gasteiger partial charge on any atom is 0.335 e. The van der Waals surface area contributed by atoms with Crippen LogP contribution in [0, 0.1) is 23.5 Å². The molecule has 5 heteroatoms. The molecule has 3 nitrogen and oxygen atoms in total. The second-order valence-corrected chi connectivity index (χ2v) is 5.28. The smallest absolute Gasteiger partial charge is 0.335 e. The Balaban J connectivity index is 2.33. The lowest BCUT2D eigenvalue weighted by Gasteiger charge is -2.37. The lowest BCUT2D eigenvalue weighted by Crippen LogP contribution is -2.39. The van der Waals surface area contributed by atoms with Gasteiger partial charge in [0.05, 0.1) is 5.56 Å². The molecule has 0 aromatic heterocycles. The summed E-state index contributed by atoms with van der Waals surface area (Å²) >= 11 is 0. The second-order valence-electron chi connectivity index (χ2n) is 5.28. The molecule has 1 aromatic carbocycles. The number of halogens is 2. The van der Waals surface area contributed by atoms with Gasteiger partial charge in [0.1, 0.15) is 17.3 Å². The SMILES string of the molecule is CC1CCN(c2c(F)cc(C(=O)O)cc2F)CC1C. The predicted octanol–water partition coefficient (Wildman–Crippen LogP) is 3.15. The Labute approximate surface area is 110 Å². The first kappa shape index (κ1) is 13.8. The molecule has 19 heavy (non-hydrogen) atoms. The van der Waals surface area contributed by atoms with Crippen molar-refractivity contribution in [2.45, 2.75) is 20.3 Å². The van der Waals surface area contributed by atoms with Crippen LogP contribution >= 0.6 is 0 Å². The van der Waals surface area contributed by atoms with E-state index in [1.165, 1.54) is 0 Å². The molecule has 0 spiro atoms. The van der Waals surface area contributed by atoms with Crippen molar-refractivity contribution < 1.29 is 18.7 Å². The molecule has 0 saturated carbocycles. The van der Waals surface area contributed by atoms with E-state index in [4.69, 9.17) is 5.11 Å². The fourth-order valence-electron chi connectivity index (χ4n) is 2.46. The summed E-state index contributed by atoms with van der Waals surface area (Å²) in [7, 11) is 0. The summed E-state index contributed by atoms with van der Waals surface area (Å²) in [6.07, 6.45) is 0.876. The Kier molecular flexibility index (Phi) is 3.73. The third kappa shape index (κ3) is 2.69. The van der Waals surface area contributed by atoms with Crippen molar-refractivity contribution in [2.24, 2.45) is 11.8 Å².